The summed E-state index contributed by atoms with van der Waals surface area (Å²) < 4.78 is 7.79. The fourth-order valence-electron chi connectivity index (χ4n) is 5.06. The third-order valence-electron chi connectivity index (χ3n) is 7.13. The molecule has 222 valence electrons. The van der Waals surface area contributed by atoms with E-state index in [4.69, 9.17) is 9.72 Å². The van der Waals surface area contributed by atoms with Crippen molar-refractivity contribution in [1.29, 1.82) is 0 Å². The van der Waals surface area contributed by atoms with E-state index >= 15 is 0 Å². The molecule has 0 fully saturated rings. The van der Waals surface area contributed by atoms with Crippen molar-refractivity contribution < 1.29 is 19.1 Å². The smallest absolute Gasteiger partial charge is 0.339 e. The summed E-state index contributed by atoms with van der Waals surface area (Å²) in [5.41, 5.74) is 5.71. The Hall–Kier alpha value is -5.17. The number of ether oxygens (including phenoxy) is 1. The number of carbonyl (C=O) groups is 3. The van der Waals surface area contributed by atoms with Gasteiger partial charge in [-0.25, -0.2) is 14.8 Å². The van der Waals surface area contributed by atoms with Crippen molar-refractivity contribution in [1.82, 2.24) is 9.55 Å². The molecule has 0 bridgehead atoms. The Morgan fingerprint density at radius 3 is 2.36 bits per heavy atom. The molecule has 3 aromatic carbocycles. The number of nitrogens with zero attached hydrogens (tertiary/aromatic N) is 3. The number of imidazole rings is 1. The van der Waals surface area contributed by atoms with Crippen molar-refractivity contribution in [2.45, 2.75) is 52.7 Å². The van der Waals surface area contributed by atoms with Crippen LogP contribution in [0.1, 0.15) is 88.0 Å². The average molecular weight is 586 g/mol. The number of esters is 1. The van der Waals surface area contributed by atoms with E-state index in [1.807, 2.05) is 69.3 Å². The molecule has 5 rings (SSSR count). The second-order valence-electron chi connectivity index (χ2n) is 11.6. The number of carbonyl (C=O) groups excluding carboxylic acids is 3. The molecule has 1 aliphatic rings. The van der Waals surface area contributed by atoms with Gasteiger partial charge in [0.1, 0.15) is 11.4 Å². The van der Waals surface area contributed by atoms with Crippen molar-refractivity contribution in [3.63, 3.8) is 0 Å². The molecule has 0 saturated heterocycles. The van der Waals surface area contributed by atoms with E-state index in [9.17, 15) is 14.4 Å². The molecule has 0 radical (unpaired) electrons. The van der Waals surface area contributed by atoms with Gasteiger partial charge in [0.25, 0.3) is 5.91 Å². The molecule has 1 heterocycles. The van der Waals surface area contributed by atoms with Crippen LogP contribution in [0.2, 0.25) is 0 Å². The van der Waals surface area contributed by atoms with Gasteiger partial charge in [-0.15, -0.1) is 0 Å². The first-order valence-corrected chi connectivity index (χ1v) is 14.7. The highest BCUT2D eigenvalue weighted by molar-refractivity contribution is 6.12. The number of allylic oxidation sites excluding steroid dienone is 2. The van der Waals surface area contributed by atoms with Gasteiger partial charge in [0, 0.05) is 18.5 Å². The van der Waals surface area contributed by atoms with E-state index in [1.54, 1.807) is 30.3 Å². The first-order valence-electron chi connectivity index (χ1n) is 14.7. The highest BCUT2D eigenvalue weighted by Crippen LogP contribution is 2.28. The van der Waals surface area contributed by atoms with E-state index in [-0.39, 0.29) is 11.5 Å². The van der Waals surface area contributed by atoms with Crippen LogP contribution in [-0.2, 0) is 17.7 Å². The Morgan fingerprint density at radius 2 is 1.66 bits per heavy atom. The van der Waals surface area contributed by atoms with Crippen molar-refractivity contribution in [3.8, 4) is 11.1 Å². The first kappa shape index (κ1) is 30.3. The minimum absolute atomic E-state index is 0.280. The fourth-order valence-corrected chi connectivity index (χ4v) is 5.06. The van der Waals surface area contributed by atoms with E-state index in [0.717, 1.165) is 40.3 Å². The second kappa shape index (κ2) is 13.0. The number of aromatic nitrogens is 2. The van der Waals surface area contributed by atoms with Crippen LogP contribution < -0.4 is 0 Å². The summed E-state index contributed by atoms with van der Waals surface area (Å²) in [6, 6.07) is 22.3. The number of hydrogen-bond donors (Lipinski definition) is 0. The number of benzene rings is 3. The minimum Gasteiger partial charge on any atom is -0.456 e. The maximum Gasteiger partial charge on any atom is 0.339 e. The molecule has 0 saturated carbocycles. The van der Waals surface area contributed by atoms with Crippen LogP contribution in [0, 0.1) is 0 Å². The predicted molar refractivity (Wildman–Crippen MR) is 174 cm³/mol. The molecule has 1 amide bonds. The third kappa shape index (κ3) is 6.89. The lowest BCUT2D eigenvalue weighted by molar-refractivity contribution is 0.00702. The van der Waals surface area contributed by atoms with E-state index in [0.29, 0.717) is 36.1 Å². The van der Waals surface area contributed by atoms with Crippen LogP contribution in [0.4, 0.5) is 0 Å². The molecule has 7 nitrogen and oxygen atoms in total. The summed E-state index contributed by atoms with van der Waals surface area (Å²) >= 11 is 0. The maximum absolute atomic E-state index is 13.0. The van der Waals surface area contributed by atoms with E-state index in [2.05, 4.69) is 34.7 Å². The van der Waals surface area contributed by atoms with Gasteiger partial charge in [0.2, 0.25) is 0 Å². The van der Waals surface area contributed by atoms with E-state index < -0.39 is 11.5 Å². The molecule has 0 unspecified atom stereocenters. The fraction of sp³-hybridized carbons (Fsp3) is 0.216. The average Bonchev–Trinajstić information content (AvgIpc) is 3.35. The molecule has 4 aromatic rings. The second-order valence-corrected chi connectivity index (χ2v) is 11.6. The van der Waals surface area contributed by atoms with Gasteiger partial charge >= 0.3 is 5.97 Å². The molecular weight excluding hydrogens is 550 g/mol. The molecular formula is C37H35N3O4. The number of amides is 1. The summed E-state index contributed by atoms with van der Waals surface area (Å²) in [7, 11) is 0. The minimum atomic E-state index is -0.588. The number of aldehydes is 1. The largest absolute Gasteiger partial charge is 0.456 e. The van der Waals surface area contributed by atoms with Crippen LogP contribution in [-0.4, -0.2) is 39.0 Å². The highest BCUT2D eigenvalue weighted by Gasteiger charge is 2.22. The van der Waals surface area contributed by atoms with Crippen molar-refractivity contribution in [3.05, 3.63) is 124 Å². The lowest BCUT2D eigenvalue weighted by Gasteiger charge is -2.20. The van der Waals surface area contributed by atoms with Gasteiger partial charge in [-0.3, -0.25) is 9.59 Å². The molecule has 44 heavy (non-hydrogen) atoms. The topological polar surface area (TPSA) is 90.6 Å². The molecule has 0 aliphatic heterocycles. The van der Waals surface area contributed by atoms with Crippen LogP contribution in [0.25, 0.3) is 23.3 Å². The molecule has 0 spiro atoms. The summed E-state index contributed by atoms with van der Waals surface area (Å²) in [5.74, 6) is 0.0168. The van der Waals surface area contributed by atoms with Crippen molar-refractivity contribution >= 4 is 36.0 Å². The van der Waals surface area contributed by atoms with Gasteiger partial charge in [-0.2, -0.15) is 0 Å². The van der Waals surface area contributed by atoms with Gasteiger partial charge < -0.3 is 9.30 Å². The van der Waals surface area contributed by atoms with Crippen LogP contribution in [0.5, 0.6) is 0 Å². The number of aliphatic imine (C=N–C) groups is 1. The van der Waals surface area contributed by atoms with Crippen LogP contribution >= 0.6 is 0 Å². The summed E-state index contributed by atoms with van der Waals surface area (Å²) in [6.45, 7) is 8.21. The van der Waals surface area contributed by atoms with Crippen molar-refractivity contribution in [2.75, 3.05) is 0 Å². The zero-order chi connectivity index (χ0) is 31.3. The van der Waals surface area contributed by atoms with Gasteiger partial charge in [0.15, 0.2) is 6.29 Å². The van der Waals surface area contributed by atoms with E-state index in [1.165, 1.54) is 0 Å². The summed E-state index contributed by atoms with van der Waals surface area (Å²) in [4.78, 5) is 46.5. The standard InChI is InChI=1S/C37H35N3O4/c1-5-6-15-34-39-32-21-20-28(38-35(42)30-13-8-7-11-27(30)24-41)22-33(32)40(34)23-25-16-18-26(19-17-25)29-12-9-10-14-31(29)36(43)44-37(2,3)4/h6-21,24H,5,22-23H2,1-4H3. The van der Waals surface area contributed by atoms with Crippen LogP contribution in [0.3, 0.4) is 0 Å². The van der Waals surface area contributed by atoms with Crippen LogP contribution in [0.15, 0.2) is 89.9 Å². The Bertz CT molecular complexity index is 1800. The number of fused-ring (bicyclic) bond motifs is 1. The lowest BCUT2D eigenvalue weighted by atomic mass is 9.98. The highest BCUT2D eigenvalue weighted by atomic mass is 16.6. The normalized spacial score (nSPS) is 13.7. The quantitative estimate of drug-likeness (QED) is 0.157. The summed E-state index contributed by atoms with van der Waals surface area (Å²) in [5, 5.41) is 0. The first-order chi connectivity index (χ1) is 21.2. The number of hydrogen-bond acceptors (Lipinski definition) is 5. The Balaban J connectivity index is 1.43. The molecule has 1 aliphatic carbocycles. The molecule has 7 heteroatoms. The van der Waals surface area contributed by atoms with Gasteiger partial charge in [-0.05, 0) is 74.2 Å². The zero-order valence-electron chi connectivity index (χ0n) is 25.4. The molecule has 1 aromatic heterocycles. The Morgan fingerprint density at radius 1 is 0.955 bits per heavy atom. The van der Waals surface area contributed by atoms with Gasteiger partial charge in [0.05, 0.1) is 28.2 Å². The Kier molecular flexibility index (Phi) is 8.95. The monoisotopic (exact) mass is 585 g/mol. The van der Waals surface area contributed by atoms with Crippen molar-refractivity contribution in [2.24, 2.45) is 4.99 Å². The maximum atomic E-state index is 13.0. The third-order valence-corrected chi connectivity index (χ3v) is 7.13. The van der Waals surface area contributed by atoms with Gasteiger partial charge in [-0.1, -0.05) is 73.7 Å². The Labute approximate surface area is 257 Å². The molecule has 0 N–H and O–H groups in total. The zero-order valence-corrected chi connectivity index (χ0v) is 25.4. The SMILES string of the molecule is CCC=Cc1nc2c(n1Cc1ccc(-c3ccccc3C(=O)OC(C)(C)C)cc1)CC(=NC(=O)c1ccccc1C=O)C=C2. The number of rotatable bonds is 8. The lowest BCUT2D eigenvalue weighted by Crippen LogP contribution is -2.24. The molecule has 0 atom stereocenters. The predicted octanol–water partition coefficient (Wildman–Crippen LogP) is 7.64. The summed E-state index contributed by atoms with van der Waals surface area (Å²) in [6.07, 6.45) is 9.74.